The molecular weight excluding hydrogens is 474 g/mol. The number of ketones is 1. The van der Waals surface area contributed by atoms with Gasteiger partial charge in [0.2, 0.25) is 0 Å². The number of thioether (sulfide) groups is 1. The molecule has 1 heterocycles. The lowest BCUT2D eigenvalue weighted by Gasteiger charge is -2.14. The molecule has 0 aliphatic carbocycles. The van der Waals surface area contributed by atoms with E-state index in [1.165, 1.54) is 7.11 Å². The fourth-order valence-electron chi connectivity index (χ4n) is 3.33. The van der Waals surface area contributed by atoms with Crippen molar-refractivity contribution in [1.29, 1.82) is 0 Å². The summed E-state index contributed by atoms with van der Waals surface area (Å²) in [6, 6.07) is 21.1. The summed E-state index contributed by atoms with van der Waals surface area (Å²) in [5, 5.41) is 0.135. The number of methoxy groups -OCH3 is 1. The van der Waals surface area contributed by atoms with E-state index in [-0.39, 0.29) is 23.8 Å². The van der Waals surface area contributed by atoms with Crippen molar-refractivity contribution in [2.45, 2.75) is 6.61 Å². The van der Waals surface area contributed by atoms with Crippen molar-refractivity contribution in [3.63, 3.8) is 0 Å². The monoisotopic (exact) mass is 493 g/mol. The van der Waals surface area contributed by atoms with Gasteiger partial charge in [0.05, 0.1) is 18.6 Å². The van der Waals surface area contributed by atoms with Gasteiger partial charge in [0.25, 0.3) is 11.1 Å². The van der Waals surface area contributed by atoms with Crippen LogP contribution in [-0.4, -0.2) is 35.5 Å². The summed E-state index contributed by atoms with van der Waals surface area (Å²) in [5.41, 5.74) is 1.92. The van der Waals surface area contributed by atoms with Crippen LogP contribution < -0.4 is 9.47 Å². The number of benzene rings is 3. The van der Waals surface area contributed by atoms with Crippen molar-refractivity contribution in [2.75, 3.05) is 13.7 Å². The van der Waals surface area contributed by atoms with Crippen LogP contribution in [-0.2, 0) is 11.4 Å². The highest BCUT2D eigenvalue weighted by Crippen LogP contribution is 2.37. The molecule has 0 bridgehead atoms. The van der Waals surface area contributed by atoms with Crippen LogP contribution in [0.4, 0.5) is 4.79 Å². The van der Waals surface area contributed by atoms with Crippen LogP contribution in [0.3, 0.4) is 0 Å². The molecule has 4 rings (SSSR count). The van der Waals surface area contributed by atoms with Crippen molar-refractivity contribution >= 4 is 46.4 Å². The summed E-state index contributed by atoms with van der Waals surface area (Å²) in [7, 11) is 1.53. The van der Waals surface area contributed by atoms with Crippen molar-refractivity contribution in [1.82, 2.24) is 4.90 Å². The highest BCUT2D eigenvalue weighted by atomic mass is 35.5. The number of amides is 2. The number of nitrogens with zero attached hydrogens (tertiary/aromatic N) is 1. The Labute approximate surface area is 206 Å². The first-order valence-corrected chi connectivity index (χ1v) is 11.5. The second-order valence-corrected chi connectivity index (χ2v) is 8.78. The van der Waals surface area contributed by atoms with Gasteiger partial charge in [-0.2, -0.15) is 0 Å². The van der Waals surface area contributed by atoms with E-state index in [0.717, 1.165) is 22.2 Å². The Hall–Kier alpha value is -3.55. The molecule has 3 aromatic carbocycles. The van der Waals surface area contributed by atoms with Gasteiger partial charge in [0.1, 0.15) is 6.61 Å². The first-order valence-electron chi connectivity index (χ1n) is 10.3. The third kappa shape index (κ3) is 5.32. The molecule has 0 atom stereocenters. The summed E-state index contributed by atoms with van der Waals surface area (Å²) in [5.74, 6) is 0.0941. The molecule has 1 aliphatic heterocycles. The number of imide groups is 1. The van der Waals surface area contributed by atoms with Crippen LogP contribution in [0.2, 0.25) is 5.02 Å². The number of halogens is 1. The fourth-order valence-corrected chi connectivity index (χ4v) is 4.29. The van der Waals surface area contributed by atoms with Crippen LogP contribution in [0, 0.1) is 0 Å². The molecule has 8 heteroatoms. The number of hydrogen-bond donors (Lipinski definition) is 0. The Morgan fingerprint density at radius 1 is 1.00 bits per heavy atom. The molecule has 172 valence electrons. The van der Waals surface area contributed by atoms with Gasteiger partial charge in [0, 0.05) is 16.1 Å². The van der Waals surface area contributed by atoms with Gasteiger partial charge in [0.15, 0.2) is 17.3 Å². The largest absolute Gasteiger partial charge is 0.493 e. The summed E-state index contributed by atoms with van der Waals surface area (Å²) in [4.78, 5) is 39.1. The van der Waals surface area contributed by atoms with Gasteiger partial charge in [-0.1, -0.05) is 66.2 Å². The van der Waals surface area contributed by atoms with Gasteiger partial charge in [-0.3, -0.25) is 19.3 Å². The lowest BCUT2D eigenvalue weighted by Crippen LogP contribution is -2.33. The lowest BCUT2D eigenvalue weighted by atomic mass is 10.1. The molecule has 0 radical (unpaired) electrons. The summed E-state index contributed by atoms with van der Waals surface area (Å²) in [6.45, 7) is -0.0600. The maximum Gasteiger partial charge on any atom is 0.293 e. The van der Waals surface area contributed by atoms with Crippen molar-refractivity contribution in [3.05, 3.63) is 99.4 Å². The van der Waals surface area contributed by atoms with E-state index in [0.29, 0.717) is 27.6 Å². The van der Waals surface area contributed by atoms with Crippen LogP contribution in [0.25, 0.3) is 6.08 Å². The molecule has 0 aromatic heterocycles. The Morgan fingerprint density at radius 3 is 2.44 bits per heavy atom. The number of rotatable bonds is 8. The molecule has 1 aliphatic rings. The molecule has 1 saturated heterocycles. The Bertz CT molecular complexity index is 1260. The second-order valence-electron chi connectivity index (χ2n) is 7.35. The fraction of sp³-hybridized carbons (Fsp3) is 0.115. The number of hydrogen-bond acceptors (Lipinski definition) is 6. The molecule has 0 saturated carbocycles. The third-order valence-electron chi connectivity index (χ3n) is 5.08. The van der Waals surface area contributed by atoms with E-state index >= 15 is 0 Å². The van der Waals surface area contributed by atoms with Crippen LogP contribution in [0.5, 0.6) is 11.5 Å². The maximum atomic E-state index is 12.9. The maximum absolute atomic E-state index is 12.9. The van der Waals surface area contributed by atoms with E-state index < -0.39 is 11.1 Å². The van der Waals surface area contributed by atoms with Crippen molar-refractivity contribution < 1.29 is 23.9 Å². The van der Waals surface area contributed by atoms with E-state index in [9.17, 15) is 14.4 Å². The van der Waals surface area contributed by atoms with Crippen molar-refractivity contribution in [3.8, 4) is 11.5 Å². The highest BCUT2D eigenvalue weighted by Gasteiger charge is 2.36. The van der Waals surface area contributed by atoms with E-state index in [1.807, 2.05) is 12.1 Å². The van der Waals surface area contributed by atoms with Gasteiger partial charge in [-0.25, -0.2) is 0 Å². The van der Waals surface area contributed by atoms with Gasteiger partial charge >= 0.3 is 0 Å². The topological polar surface area (TPSA) is 72.9 Å². The van der Waals surface area contributed by atoms with E-state index in [4.69, 9.17) is 21.1 Å². The third-order valence-corrected chi connectivity index (χ3v) is 6.24. The molecule has 6 nitrogen and oxygen atoms in total. The standard InChI is InChI=1S/C26H20ClNO5S/c1-32-22-9-5-8-19(24(22)33-16-17-10-12-20(27)13-11-17)14-23-25(30)28(26(31)34-23)15-21(29)18-6-3-2-4-7-18/h2-14H,15-16H2,1H3/b23-14+. The first kappa shape index (κ1) is 23.6. The molecule has 0 spiro atoms. The predicted octanol–water partition coefficient (Wildman–Crippen LogP) is 5.85. The molecule has 0 N–H and O–H groups in total. The minimum Gasteiger partial charge on any atom is -0.493 e. The zero-order valence-corrected chi connectivity index (χ0v) is 19.8. The second kappa shape index (κ2) is 10.6. The number of carbonyl (C=O) groups excluding carboxylic acids is 3. The predicted molar refractivity (Wildman–Crippen MR) is 132 cm³/mol. The molecule has 34 heavy (non-hydrogen) atoms. The van der Waals surface area contributed by atoms with Crippen LogP contribution in [0.15, 0.2) is 77.7 Å². The van der Waals surface area contributed by atoms with Crippen LogP contribution in [0.1, 0.15) is 21.5 Å². The average molecular weight is 494 g/mol. The molecule has 0 unspecified atom stereocenters. The number of para-hydroxylation sites is 1. The minimum absolute atomic E-state index is 0.204. The molecular formula is C26H20ClNO5S. The smallest absolute Gasteiger partial charge is 0.293 e. The zero-order chi connectivity index (χ0) is 24.1. The highest BCUT2D eigenvalue weighted by molar-refractivity contribution is 8.18. The zero-order valence-electron chi connectivity index (χ0n) is 18.2. The SMILES string of the molecule is COc1cccc(/C=C2/SC(=O)N(CC(=O)c3ccccc3)C2=O)c1OCc1ccc(Cl)cc1. The van der Waals surface area contributed by atoms with Gasteiger partial charge in [-0.15, -0.1) is 0 Å². The summed E-state index contributed by atoms with van der Waals surface area (Å²) < 4.78 is 11.5. The van der Waals surface area contributed by atoms with Crippen LogP contribution >= 0.6 is 23.4 Å². The molecule has 1 fully saturated rings. The minimum atomic E-state index is -0.522. The Morgan fingerprint density at radius 2 is 1.74 bits per heavy atom. The average Bonchev–Trinajstić information content (AvgIpc) is 3.11. The molecule has 2 amide bonds. The number of carbonyl (C=O) groups is 3. The lowest BCUT2D eigenvalue weighted by molar-refractivity contribution is -0.122. The number of ether oxygens (including phenoxy) is 2. The Kier molecular flexibility index (Phi) is 7.35. The molecule has 3 aromatic rings. The van der Waals surface area contributed by atoms with Gasteiger partial charge < -0.3 is 9.47 Å². The quantitative estimate of drug-likeness (QED) is 0.289. The Balaban J connectivity index is 1.56. The summed E-state index contributed by atoms with van der Waals surface area (Å²) >= 11 is 6.73. The van der Waals surface area contributed by atoms with Gasteiger partial charge in [-0.05, 0) is 41.6 Å². The number of Topliss-reactive ketones (excluding diaryl/α,β-unsaturated/α-hetero) is 1. The first-order chi connectivity index (χ1) is 16.5. The van der Waals surface area contributed by atoms with Crippen molar-refractivity contribution in [2.24, 2.45) is 0 Å². The summed E-state index contributed by atoms with van der Waals surface area (Å²) in [6.07, 6.45) is 1.58. The van der Waals surface area contributed by atoms with E-state index in [2.05, 4.69) is 0 Å². The van der Waals surface area contributed by atoms with E-state index in [1.54, 1.807) is 66.7 Å². The normalized spacial score (nSPS) is 14.5.